The van der Waals surface area contributed by atoms with Crippen molar-refractivity contribution in [2.75, 3.05) is 18.5 Å². The summed E-state index contributed by atoms with van der Waals surface area (Å²) in [5.41, 5.74) is -0.272. The van der Waals surface area contributed by atoms with Crippen LogP contribution in [0.15, 0.2) is 60.3 Å². The number of aliphatic hydroxyl groups is 1. The van der Waals surface area contributed by atoms with Crippen molar-refractivity contribution in [3.63, 3.8) is 0 Å². The van der Waals surface area contributed by atoms with Gasteiger partial charge >= 0.3 is 6.18 Å². The van der Waals surface area contributed by atoms with E-state index in [-0.39, 0.29) is 24.6 Å². The molecule has 1 aliphatic rings. The van der Waals surface area contributed by atoms with E-state index in [1.165, 1.54) is 24.3 Å². The first kappa shape index (κ1) is 19.4. The van der Waals surface area contributed by atoms with Gasteiger partial charge in [-0.2, -0.15) is 13.2 Å². The number of alkyl halides is 3. The van der Waals surface area contributed by atoms with E-state index in [2.05, 4.69) is 5.32 Å². The number of imide groups is 1. The van der Waals surface area contributed by atoms with Crippen LogP contribution in [0.4, 0.5) is 18.9 Å². The maximum Gasteiger partial charge on any atom is 0.416 e. The monoisotopic (exact) mass is 392 g/mol. The fraction of sp³-hybridized carbons (Fsp3) is 0.158. The summed E-state index contributed by atoms with van der Waals surface area (Å²) in [6.07, 6.45) is -3.33. The summed E-state index contributed by atoms with van der Waals surface area (Å²) >= 11 is 0. The lowest BCUT2D eigenvalue weighted by atomic mass is 10.2. The number of β-amino-alcohol motifs (C(OH)–C–C–N with tert-alkyl or cyclic N) is 1. The van der Waals surface area contributed by atoms with Crippen LogP contribution < -0.4 is 10.1 Å². The molecule has 146 valence electrons. The number of benzene rings is 2. The molecular formula is C19H15F3N2O4. The topological polar surface area (TPSA) is 78.9 Å². The molecule has 0 saturated carbocycles. The van der Waals surface area contributed by atoms with Crippen molar-refractivity contribution in [1.29, 1.82) is 0 Å². The van der Waals surface area contributed by atoms with E-state index in [0.717, 1.165) is 23.1 Å². The van der Waals surface area contributed by atoms with Gasteiger partial charge in [-0.15, -0.1) is 0 Å². The number of ether oxygens (including phenoxy) is 1. The molecular weight excluding hydrogens is 377 g/mol. The van der Waals surface area contributed by atoms with E-state index >= 15 is 0 Å². The Kier molecular flexibility index (Phi) is 5.36. The number of carbonyl (C=O) groups is 2. The predicted molar refractivity (Wildman–Crippen MR) is 93.5 cm³/mol. The van der Waals surface area contributed by atoms with Crippen LogP contribution >= 0.6 is 0 Å². The molecule has 2 N–H and O–H groups in total. The molecule has 1 heterocycles. The van der Waals surface area contributed by atoms with Crippen LogP contribution in [0.5, 0.6) is 11.5 Å². The van der Waals surface area contributed by atoms with Gasteiger partial charge < -0.3 is 15.2 Å². The number of nitrogens with one attached hydrogen (secondary N) is 1. The van der Waals surface area contributed by atoms with Gasteiger partial charge in [0.2, 0.25) is 0 Å². The minimum atomic E-state index is -4.46. The average Bonchev–Trinajstić information content (AvgIpc) is 2.91. The smallest absolute Gasteiger partial charge is 0.416 e. The highest BCUT2D eigenvalue weighted by molar-refractivity contribution is 6.17. The summed E-state index contributed by atoms with van der Waals surface area (Å²) in [6.45, 7) is -0.427. The zero-order valence-electron chi connectivity index (χ0n) is 14.4. The van der Waals surface area contributed by atoms with E-state index in [1.807, 2.05) is 0 Å². The highest BCUT2D eigenvalue weighted by atomic mass is 19.4. The van der Waals surface area contributed by atoms with Gasteiger partial charge in [-0.05, 0) is 42.5 Å². The van der Waals surface area contributed by atoms with E-state index < -0.39 is 23.6 Å². The fourth-order valence-corrected chi connectivity index (χ4v) is 2.54. The van der Waals surface area contributed by atoms with Crippen LogP contribution in [0.2, 0.25) is 0 Å². The van der Waals surface area contributed by atoms with Crippen molar-refractivity contribution >= 4 is 17.5 Å². The molecule has 1 aliphatic heterocycles. The summed E-state index contributed by atoms with van der Waals surface area (Å²) in [7, 11) is 0. The quantitative estimate of drug-likeness (QED) is 0.739. The molecule has 0 aromatic heterocycles. The molecule has 2 amide bonds. The Balaban J connectivity index is 1.67. The zero-order valence-corrected chi connectivity index (χ0v) is 14.4. The first-order chi connectivity index (χ1) is 13.3. The van der Waals surface area contributed by atoms with Gasteiger partial charge in [0.1, 0.15) is 17.2 Å². The van der Waals surface area contributed by atoms with Gasteiger partial charge in [-0.25, -0.2) is 0 Å². The molecule has 0 saturated heterocycles. The van der Waals surface area contributed by atoms with Gasteiger partial charge in [0.15, 0.2) is 0 Å². The average molecular weight is 392 g/mol. The van der Waals surface area contributed by atoms with Crippen LogP contribution in [-0.2, 0) is 15.8 Å². The lowest BCUT2D eigenvalue weighted by Gasteiger charge is -2.13. The summed E-state index contributed by atoms with van der Waals surface area (Å²) < 4.78 is 43.7. The first-order valence-electron chi connectivity index (χ1n) is 8.18. The SMILES string of the molecule is O=C1C=C(Nc2ccc(Oc3cccc(C(F)(F)F)c3)cc2)C(=O)N1CCO. The van der Waals surface area contributed by atoms with Crippen LogP contribution in [0, 0.1) is 0 Å². The van der Waals surface area contributed by atoms with Crippen molar-refractivity contribution in [3.8, 4) is 11.5 Å². The number of aliphatic hydroxyl groups excluding tert-OH is 1. The number of nitrogens with zero attached hydrogens (tertiary/aromatic N) is 1. The van der Waals surface area contributed by atoms with E-state index in [9.17, 15) is 22.8 Å². The van der Waals surface area contributed by atoms with E-state index in [1.54, 1.807) is 12.1 Å². The third-order valence-corrected chi connectivity index (χ3v) is 3.86. The summed E-state index contributed by atoms with van der Waals surface area (Å²) in [5.74, 6) is -0.738. The Morgan fingerprint density at radius 1 is 1.04 bits per heavy atom. The number of anilines is 1. The van der Waals surface area contributed by atoms with E-state index in [4.69, 9.17) is 9.84 Å². The molecule has 0 radical (unpaired) electrons. The lowest BCUT2D eigenvalue weighted by Crippen LogP contribution is -2.34. The van der Waals surface area contributed by atoms with Gasteiger partial charge in [-0.3, -0.25) is 14.5 Å². The number of hydrogen-bond donors (Lipinski definition) is 2. The van der Waals surface area contributed by atoms with Crippen LogP contribution in [0.25, 0.3) is 0 Å². The van der Waals surface area contributed by atoms with Crippen molar-refractivity contribution in [1.82, 2.24) is 4.90 Å². The Labute approximate surface area is 157 Å². The fourth-order valence-electron chi connectivity index (χ4n) is 2.54. The van der Waals surface area contributed by atoms with Crippen molar-refractivity contribution in [3.05, 3.63) is 65.9 Å². The molecule has 3 rings (SSSR count). The summed E-state index contributed by atoms with van der Waals surface area (Å²) in [5, 5.41) is 11.7. The molecule has 28 heavy (non-hydrogen) atoms. The molecule has 9 heteroatoms. The molecule has 0 aliphatic carbocycles. The Morgan fingerprint density at radius 2 is 1.75 bits per heavy atom. The van der Waals surface area contributed by atoms with Crippen molar-refractivity contribution in [2.24, 2.45) is 0 Å². The largest absolute Gasteiger partial charge is 0.457 e. The summed E-state index contributed by atoms with van der Waals surface area (Å²) in [6, 6.07) is 10.6. The van der Waals surface area contributed by atoms with Crippen LogP contribution in [0.1, 0.15) is 5.56 Å². The standard InChI is InChI=1S/C19H15F3N2O4/c20-19(21,22)12-2-1-3-15(10-12)28-14-6-4-13(5-7-14)23-16-11-17(26)24(8-9-25)18(16)27/h1-7,10-11,23,25H,8-9H2. The highest BCUT2D eigenvalue weighted by Crippen LogP contribution is 2.33. The molecule has 0 fully saturated rings. The molecule has 6 nitrogen and oxygen atoms in total. The maximum atomic E-state index is 12.8. The number of hydrogen-bond acceptors (Lipinski definition) is 5. The minimum absolute atomic E-state index is 0.0365. The molecule has 2 aromatic carbocycles. The summed E-state index contributed by atoms with van der Waals surface area (Å²) in [4.78, 5) is 24.7. The highest BCUT2D eigenvalue weighted by Gasteiger charge is 2.31. The molecule has 0 atom stereocenters. The third kappa shape index (κ3) is 4.32. The van der Waals surface area contributed by atoms with E-state index in [0.29, 0.717) is 11.4 Å². The van der Waals surface area contributed by atoms with Gasteiger partial charge in [0, 0.05) is 11.8 Å². The maximum absolute atomic E-state index is 12.8. The van der Waals surface area contributed by atoms with Crippen molar-refractivity contribution in [2.45, 2.75) is 6.18 Å². The minimum Gasteiger partial charge on any atom is -0.457 e. The second kappa shape index (κ2) is 7.73. The van der Waals surface area contributed by atoms with Crippen LogP contribution in [0.3, 0.4) is 0 Å². The Hall–Kier alpha value is -3.33. The van der Waals surface area contributed by atoms with Crippen molar-refractivity contribution < 1.29 is 32.6 Å². The van der Waals surface area contributed by atoms with Gasteiger partial charge in [-0.1, -0.05) is 6.07 Å². The lowest BCUT2D eigenvalue weighted by molar-refractivity contribution is -0.138. The molecule has 0 unspecified atom stereocenters. The molecule has 0 bridgehead atoms. The number of amides is 2. The Bertz CT molecular complexity index is 924. The normalized spacial score (nSPS) is 14.3. The number of carbonyl (C=O) groups excluding carboxylic acids is 2. The number of halogens is 3. The number of rotatable bonds is 6. The molecule has 0 spiro atoms. The van der Waals surface area contributed by atoms with Gasteiger partial charge in [0.25, 0.3) is 11.8 Å². The van der Waals surface area contributed by atoms with Gasteiger partial charge in [0.05, 0.1) is 18.7 Å². The predicted octanol–water partition coefficient (Wildman–Crippen LogP) is 3.15. The second-order valence-corrected chi connectivity index (χ2v) is 5.85. The third-order valence-electron chi connectivity index (χ3n) is 3.86. The Morgan fingerprint density at radius 3 is 2.39 bits per heavy atom. The molecule has 2 aromatic rings. The second-order valence-electron chi connectivity index (χ2n) is 5.85. The first-order valence-corrected chi connectivity index (χ1v) is 8.18. The van der Waals surface area contributed by atoms with Crippen LogP contribution in [-0.4, -0.2) is 35.0 Å². The zero-order chi connectivity index (χ0) is 20.3.